The van der Waals surface area contributed by atoms with E-state index in [2.05, 4.69) is 24.0 Å². The SMILES string of the molecule is COc1ccccc1N1CCC(N)CC1C. The first-order chi connectivity index (χ1) is 7.72. The molecular formula is C13H20N2O. The minimum Gasteiger partial charge on any atom is -0.495 e. The van der Waals surface area contributed by atoms with Gasteiger partial charge in [0.2, 0.25) is 0 Å². The molecule has 2 atom stereocenters. The van der Waals surface area contributed by atoms with E-state index in [0.29, 0.717) is 12.1 Å². The standard InChI is InChI=1S/C13H20N2O/c1-10-9-11(14)7-8-15(10)12-5-3-4-6-13(12)16-2/h3-6,10-11H,7-9,14H2,1-2H3. The van der Waals surface area contributed by atoms with Crippen molar-refractivity contribution in [1.82, 2.24) is 0 Å². The summed E-state index contributed by atoms with van der Waals surface area (Å²) in [6, 6.07) is 9.02. The van der Waals surface area contributed by atoms with Gasteiger partial charge in [-0.05, 0) is 31.9 Å². The largest absolute Gasteiger partial charge is 0.495 e. The molecule has 16 heavy (non-hydrogen) atoms. The lowest BCUT2D eigenvalue weighted by molar-refractivity contribution is 0.398. The molecule has 0 saturated carbocycles. The Balaban J connectivity index is 2.23. The summed E-state index contributed by atoms with van der Waals surface area (Å²) in [5, 5.41) is 0. The van der Waals surface area contributed by atoms with Gasteiger partial charge in [0.25, 0.3) is 0 Å². The molecule has 0 bridgehead atoms. The topological polar surface area (TPSA) is 38.5 Å². The molecule has 1 heterocycles. The minimum absolute atomic E-state index is 0.348. The summed E-state index contributed by atoms with van der Waals surface area (Å²) in [4.78, 5) is 2.39. The normalized spacial score (nSPS) is 25.6. The van der Waals surface area contributed by atoms with Crippen molar-refractivity contribution in [3.8, 4) is 5.75 Å². The van der Waals surface area contributed by atoms with E-state index in [1.165, 1.54) is 5.69 Å². The maximum absolute atomic E-state index is 5.98. The Labute approximate surface area is 97.2 Å². The number of anilines is 1. The second-order valence-electron chi connectivity index (χ2n) is 4.50. The van der Waals surface area contributed by atoms with Gasteiger partial charge in [0, 0.05) is 18.6 Å². The van der Waals surface area contributed by atoms with Crippen LogP contribution in [0.1, 0.15) is 19.8 Å². The molecule has 1 aliphatic rings. The van der Waals surface area contributed by atoms with Crippen molar-refractivity contribution in [2.24, 2.45) is 5.73 Å². The summed E-state index contributed by atoms with van der Waals surface area (Å²) in [7, 11) is 1.72. The van der Waals surface area contributed by atoms with Crippen LogP contribution in [0, 0.1) is 0 Å². The van der Waals surface area contributed by atoms with Crippen molar-refractivity contribution in [3.63, 3.8) is 0 Å². The Hall–Kier alpha value is -1.22. The first kappa shape index (κ1) is 11.3. The Bertz CT molecular complexity index is 354. The van der Waals surface area contributed by atoms with Crippen LogP contribution in [-0.4, -0.2) is 25.7 Å². The van der Waals surface area contributed by atoms with E-state index < -0.39 is 0 Å². The molecule has 0 aromatic heterocycles. The van der Waals surface area contributed by atoms with Gasteiger partial charge in [0.15, 0.2) is 0 Å². The molecule has 2 rings (SSSR count). The van der Waals surface area contributed by atoms with Gasteiger partial charge in [-0.15, -0.1) is 0 Å². The van der Waals surface area contributed by atoms with Crippen molar-refractivity contribution < 1.29 is 4.74 Å². The highest BCUT2D eigenvalue weighted by Gasteiger charge is 2.24. The fourth-order valence-corrected chi connectivity index (χ4v) is 2.43. The second-order valence-corrected chi connectivity index (χ2v) is 4.50. The van der Waals surface area contributed by atoms with Crippen LogP contribution in [0.3, 0.4) is 0 Å². The Morgan fingerprint density at radius 3 is 2.81 bits per heavy atom. The molecule has 3 nitrogen and oxygen atoms in total. The molecule has 1 aromatic rings. The van der Waals surface area contributed by atoms with Crippen LogP contribution in [0.25, 0.3) is 0 Å². The molecule has 3 heteroatoms. The fourth-order valence-electron chi connectivity index (χ4n) is 2.43. The number of hydrogen-bond acceptors (Lipinski definition) is 3. The average molecular weight is 220 g/mol. The first-order valence-electron chi connectivity index (χ1n) is 5.87. The zero-order chi connectivity index (χ0) is 11.5. The molecule has 2 N–H and O–H groups in total. The van der Waals surface area contributed by atoms with Gasteiger partial charge in [-0.3, -0.25) is 0 Å². The number of benzene rings is 1. The number of hydrogen-bond donors (Lipinski definition) is 1. The summed E-state index contributed by atoms with van der Waals surface area (Å²) in [5.41, 5.74) is 7.16. The third kappa shape index (κ3) is 2.14. The number of methoxy groups -OCH3 is 1. The minimum atomic E-state index is 0.348. The summed E-state index contributed by atoms with van der Waals surface area (Å²) in [6.45, 7) is 3.24. The number of para-hydroxylation sites is 2. The van der Waals surface area contributed by atoms with Crippen molar-refractivity contribution in [2.45, 2.75) is 31.8 Å². The molecule has 1 saturated heterocycles. The van der Waals surface area contributed by atoms with E-state index >= 15 is 0 Å². The van der Waals surface area contributed by atoms with Crippen LogP contribution >= 0.6 is 0 Å². The Morgan fingerprint density at radius 1 is 1.38 bits per heavy atom. The molecule has 0 aliphatic carbocycles. The van der Waals surface area contributed by atoms with Crippen LogP contribution in [0.2, 0.25) is 0 Å². The van der Waals surface area contributed by atoms with E-state index in [1.54, 1.807) is 7.11 Å². The van der Waals surface area contributed by atoms with Crippen molar-refractivity contribution in [3.05, 3.63) is 24.3 Å². The molecule has 0 spiro atoms. The van der Waals surface area contributed by atoms with Crippen LogP contribution in [-0.2, 0) is 0 Å². The molecule has 88 valence electrons. The summed E-state index contributed by atoms with van der Waals surface area (Å²) in [5.74, 6) is 0.949. The average Bonchev–Trinajstić information content (AvgIpc) is 2.29. The van der Waals surface area contributed by atoms with Gasteiger partial charge in [-0.2, -0.15) is 0 Å². The quantitative estimate of drug-likeness (QED) is 0.828. The summed E-state index contributed by atoms with van der Waals surface area (Å²) in [6.07, 6.45) is 2.11. The lowest BCUT2D eigenvalue weighted by atomic mass is 9.98. The Morgan fingerprint density at radius 2 is 2.12 bits per heavy atom. The van der Waals surface area contributed by atoms with Crippen LogP contribution in [0.4, 0.5) is 5.69 Å². The molecule has 0 amide bonds. The van der Waals surface area contributed by atoms with Crippen LogP contribution in [0.5, 0.6) is 5.75 Å². The van der Waals surface area contributed by atoms with Gasteiger partial charge in [0.05, 0.1) is 12.8 Å². The highest BCUT2D eigenvalue weighted by molar-refractivity contribution is 5.59. The lowest BCUT2D eigenvalue weighted by Gasteiger charge is -2.38. The van der Waals surface area contributed by atoms with E-state index in [1.807, 2.05) is 12.1 Å². The van der Waals surface area contributed by atoms with Gasteiger partial charge in [-0.25, -0.2) is 0 Å². The van der Waals surface area contributed by atoms with Crippen molar-refractivity contribution in [2.75, 3.05) is 18.6 Å². The lowest BCUT2D eigenvalue weighted by Crippen LogP contribution is -2.45. The number of rotatable bonds is 2. The second kappa shape index (κ2) is 4.74. The van der Waals surface area contributed by atoms with E-state index in [4.69, 9.17) is 10.5 Å². The smallest absolute Gasteiger partial charge is 0.142 e. The number of nitrogens with two attached hydrogens (primary N) is 1. The van der Waals surface area contributed by atoms with Gasteiger partial charge in [0.1, 0.15) is 5.75 Å². The predicted octanol–water partition coefficient (Wildman–Crippen LogP) is 2.01. The summed E-state index contributed by atoms with van der Waals surface area (Å²) < 4.78 is 5.40. The number of piperidine rings is 1. The monoisotopic (exact) mass is 220 g/mol. The molecule has 0 radical (unpaired) electrons. The Kier molecular flexibility index (Phi) is 3.34. The van der Waals surface area contributed by atoms with E-state index in [0.717, 1.165) is 25.1 Å². The van der Waals surface area contributed by atoms with Gasteiger partial charge >= 0.3 is 0 Å². The summed E-state index contributed by atoms with van der Waals surface area (Å²) >= 11 is 0. The molecular weight excluding hydrogens is 200 g/mol. The maximum atomic E-state index is 5.98. The molecule has 1 aliphatic heterocycles. The maximum Gasteiger partial charge on any atom is 0.142 e. The van der Waals surface area contributed by atoms with Crippen molar-refractivity contribution in [1.29, 1.82) is 0 Å². The third-order valence-electron chi connectivity index (χ3n) is 3.31. The molecule has 1 aromatic carbocycles. The zero-order valence-electron chi connectivity index (χ0n) is 10.0. The number of nitrogens with zero attached hydrogens (tertiary/aromatic N) is 1. The van der Waals surface area contributed by atoms with E-state index in [9.17, 15) is 0 Å². The molecule has 1 fully saturated rings. The van der Waals surface area contributed by atoms with E-state index in [-0.39, 0.29) is 0 Å². The third-order valence-corrected chi connectivity index (χ3v) is 3.31. The van der Waals surface area contributed by atoms with Crippen LogP contribution < -0.4 is 15.4 Å². The predicted molar refractivity (Wildman–Crippen MR) is 67.0 cm³/mol. The molecule has 2 unspecified atom stereocenters. The van der Waals surface area contributed by atoms with Gasteiger partial charge < -0.3 is 15.4 Å². The van der Waals surface area contributed by atoms with Gasteiger partial charge in [-0.1, -0.05) is 12.1 Å². The first-order valence-corrected chi connectivity index (χ1v) is 5.87. The highest BCUT2D eigenvalue weighted by Crippen LogP contribution is 2.32. The number of ether oxygens (including phenoxy) is 1. The fraction of sp³-hybridized carbons (Fsp3) is 0.538. The highest BCUT2D eigenvalue weighted by atomic mass is 16.5. The zero-order valence-corrected chi connectivity index (χ0v) is 10.0. The van der Waals surface area contributed by atoms with Crippen LogP contribution in [0.15, 0.2) is 24.3 Å². The van der Waals surface area contributed by atoms with Crippen molar-refractivity contribution >= 4 is 5.69 Å².